The lowest BCUT2D eigenvalue weighted by atomic mass is 10.1. The summed E-state index contributed by atoms with van der Waals surface area (Å²) in [6.45, 7) is 9.75. The number of hydrogen-bond donors (Lipinski definition) is 2. The summed E-state index contributed by atoms with van der Waals surface area (Å²) in [6.07, 6.45) is -0.275. The molecule has 0 heterocycles. The molecule has 0 spiro atoms. The first-order valence-electron chi connectivity index (χ1n) is 6.92. The van der Waals surface area contributed by atoms with Crippen molar-refractivity contribution in [3.63, 3.8) is 0 Å². The largest absolute Gasteiger partial charge is 0.357 e. The molecule has 4 nitrogen and oxygen atoms in total. The summed E-state index contributed by atoms with van der Waals surface area (Å²) >= 11 is 5.29. The minimum absolute atomic E-state index is 0.275. The van der Waals surface area contributed by atoms with Crippen LogP contribution in [0.2, 0.25) is 0 Å². The monoisotopic (exact) mass is 296 g/mol. The van der Waals surface area contributed by atoms with Crippen LogP contribution in [0.15, 0.2) is 18.2 Å². The van der Waals surface area contributed by atoms with Crippen LogP contribution in [0, 0.1) is 13.8 Å². The van der Waals surface area contributed by atoms with Gasteiger partial charge < -0.3 is 20.1 Å². The van der Waals surface area contributed by atoms with Gasteiger partial charge in [0.05, 0.1) is 6.54 Å². The van der Waals surface area contributed by atoms with E-state index in [0.29, 0.717) is 24.9 Å². The standard InChI is InChI=1S/C15H24N2O2S/c1-5-18-14(19-6-2)10-16-15(20)17-13-9-11(3)7-8-12(13)4/h7-9,14H,5-6,10H2,1-4H3,(H2,16,17,20). The van der Waals surface area contributed by atoms with Crippen molar-refractivity contribution in [1.29, 1.82) is 0 Å². The molecule has 1 aromatic rings. The Morgan fingerprint density at radius 2 is 1.85 bits per heavy atom. The zero-order valence-corrected chi connectivity index (χ0v) is 13.5. The quantitative estimate of drug-likeness (QED) is 0.598. The molecule has 0 unspecified atom stereocenters. The van der Waals surface area contributed by atoms with Crippen molar-refractivity contribution in [2.24, 2.45) is 0 Å². The van der Waals surface area contributed by atoms with Crippen LogP contribution in [0.1, 0.15) is 25.0 Å². The molecule has 0 saturated carbocycles. The smallest absolute Gasteiger partial charge is 0.174 e. The van der Waals surface area contributed by atoms with Gasteiger partial charge in [0.15, 0.2) is 11.4 Å². The maximum absolute atomic E-state index is 5.45. The molecule has 112 valence electrons. The van der Waals surface area contributed by atoms with Gasteiger partial charge in [-0.1, -0.05) is 12.1 Å². The van der Waals surface area contributed by atoms with E-state index in [-0.39, 0.29) is 6.29 Å². The SMILES string of the molecule is CCOC(CNC(=S)Nc1cc(C)ccc1C)OCC. The molecule has 0 bridgehead atoms. The summed E-state index contributed by atoms with van der Waals surface area (Å²) in [5.74, 6) is 0. The van der Waals surface area contributed by atoms with Gasteiger partial charge >= 0.3 is 0 Å². The second kappa shape index (κ2) is 8.89. The normalized spacial score (nSPS) is 10.7. The van der Waals surface area contributed by atoms with Gasteiger partial charge in [-0.2, -0.15) is 0 Å². The van der Waals surface area contributed by atoms with E-state index in [4.69, 9.17) is 21.7 Å². The van der Waals surface area contributed by atoms with Crippen molar-refractivity contribution in [3.8, 4) is 0 Å². The van der Waals surface area contributed by atoms with Crippen LogP contribution < -0.4 is 10.6 Å². The Labute approximate surface area is 126 Å². The molecule has 0 aliphatic heterocycles. The molecule has 0 fully saturated rings. The molecular weight excluding hydrogens is 272 g/mol. The van der Waals surface area contributed by atoms with E-state index in [1.54, 1.807) is 0 Å². The Bertz CT molecular complexity index is 432. The van der Waals surface area contributed by atoms with Gasteiger partial charge in [0, 0.05) is 18.9 Å². The fourth-order valence-electron chi connectivity index (χ4n) is 1.75. The van der Waals surface area contributed by atoms with Crippen molar-refractivity contribution in [1.82, 2.24) is 5.32 Å². The first kappa shape index (κ1) is 16.9. The van der Waals surface area contributed by atoms with Gasteiger partial charge in [-0.3, -0.25) is 0 Å². The van der Waals surface area contributed by atoms with Gasteiger partial charge in [0.25, 0.3) is 0 Å². The van der Waals surface area contributed by atoms with Crippen LogP contribution >= 0.6 is 12.2 Å². The highest BCUT2D eigenvalue weighted by Crippen LogP contribution is 2.16. The Hall–Kier alpha value is -1.17. The van der Waals surface area contributed by atoms with Crippen LogP contribution in [-0.4, -0.2) is 31.2 Å². The van der Waals surface area contributed by atoms with Crippen LogP contribution in [0.3, 0.4) is 0 Å². The molecule has 20 heavy (non-hydrogen) atoms. The average molecular weight is 296 g/mol. The summed E-state index contributed by atoms with van der Waals surface area (Å²) in [4.78, 5) is 0. The van der Waals surface area contributed by atoms with Gasteiger partial charge in [0.1, 0.15) is 0 Å². The Morgan fingerprint density at radius 3 is 2.45 bits per heavy atom. The van der Waals surface area contributed by atoms with Gasteiger partial charge in [-0.15, -0.1) is 0 Å². The topological polar surface area (TPSA) is 42.5 Å². The third-order valence-electron chi connectivity index (χ3n) is 2.78. The summed E-state index contributed by atoms with van der Waals surface area (Å²) in [7, 11) is 0. The highest BCUT2D eigenvalue weighted by atomic mass is 32.1. The second-order valence-corrected chi connectivity index (χ2v) is 4.90. The van der Waals surface area contributed by atoms with Crippen molar-refractivity contribution < 1.29 is 9.47 Å². The summed E-state index contributed by atoms with van der Waals surface area (Å²) in [5.41, 5.74) is 3.38. The lowest BCUT2D eigenvalue weighted by Crippen LogP contribution is -2.37. The van der Waals surface area contributed by atoms with Crippen molar-refractivity contribution >= 4 is 23.0 Å². The van der Waals surface area contributed by atoms with Crippen LogP contribution in [0.25, 0.3) is 0 Å². The van der Waals surface area contributed by atoms with E-state index >= 15 is 0 Å². The first-order chi connectivity index (χ1) is 9.56. The third-order valence-corrected chi connectivity index (χ3v) is 3.02. The fraction of sp³-hybridized carbons (Fsp3) is 0.533. The zero-order valence-electron chi connectivity index (χ0n) is 12.7. The molecule has 0 aliphatic carbocycles. The zero-order chi connectivity index (χ0) is 15.0. The Morgan fingerprint density at radius 1 is 1.20 bits per heavy atom. The molecule has 0 aromatic heterocycles. The molecule has 1 rings (SSSR count). The number of rotatable bonds is 7. The summed E-state index contributed by atoms with van der Waals surface area (Å²) in [6, 6.07) is 6.23. The van der Waals surface area contributed by atoms with Gasteiger partial charge in [-0.25, -0.2) is 0 Å². The molecule has 0 radical (unpaired) electrons. The Kier molecular flexibility index (Phi) is 7.51. The van der Waals surface area contributed by atoms with Crippen LogP contribution in [0.5, 0.6) is 0 Å². The number of benzene rings is 1. The van der Waals surface area contributed by atoms with E-state index in [0.717, 1.165) is 11.3 Å². The number of nitrogens with one attached hydrogen (secondary N) is 2. The summed E-state index contributed by atoms with van der Waals surface area (Å²) < 4.78 is 10.9. The maximum atomic E-state index is 5.45. The van der Waals surface area contributed by atoms with Crippen LogP contribution in [0.4, 0.5) is 5.69 Å². The van der Waals surface area contributed by atoms with Gasteiger partial charge in [-0.05, 0) is 57.1 Å². The van der Waals surface area contributed by atoms with Crippen molar-refractivity contribution in [2.75, 3.05) is 25.1 Å². The lowest BCUT2D eigenvalue weighted by molar-refractivity contribution is -0.130. The number of thiocarbonyl (C=S) groups is 1. The summed E-state index contributed by atoms with van der Waals surface area (Å²) in [5, 5.41) is 6.89. The minimum Gasteiger partial charge on any atom is -0.357 e. The molecular formula is C15H24N2O2S. The lowest BCUT2D eigenvalue weighted by Gasteiger charge is -2.19. The third kappa shape index (κ3) is 5.86. The van der Waals surface area contributed by atoms with E-state index in [1.807, 2.05) is 20.8 Å². The van der Waals surface area contributed by atoms with E-state index < -0.39 is 0 Å². The first-order valence-corrected chi connectivity index (χ1v) is 7.33. The maximum Gasteiger partial charge on any atom is 0.174 e. The van der Waals surface area contributed by atoms with E-state index in [2.05, 4.69) is 35.8 Å². The molecule has 0 amide bonds. The Balaban J connectivity index is 2.48. The molecule has 1 aromatic carbocycles. The number of ether oxygens (including phenoxy) is 2. The molecule has 0 saturated heterocycles. The number of hydrogen-bond acceptors (Lipinski definition) is 3. The highest BCUT2D eigenvalue weighted by Gasteiger charge is 2.08. The number of aryl methyl sites for hydroxylation is 2. The molecule has 5 heteroatoms. The number of anilines is 1. The van der Waals surface area contributed by atoms with Crippen molar-refractivity contribution in [2.45, 2.75) is 34.0 Å². The minimum atomic E-state index is -0.275. The fourth-order valence-corrected chi connectivity index (χ4v) is 1.94. The highest BCUT2D eigenvalue weighted by molar-refractivity contribution is 7.80. The van der Waals surface area contributed by atoms with Crippen LogP contribution in [-0.2, 0) is 9.47 Å². The molecule has 2 N–H and O–H groups in total. The molecule has 0 aliphatic rings. The molecule has 0 atom stereocenters. The van der Waals surface area contributed by atoms with Crippen molar-refractivity contribution in [3.05, 3.63) is 29.3 Å². The van der Waals surface area contributed by atoms with Gasteiger partial charge in [0.2, 0.25) is 0 Å². The predicted molar refractivity (Wildman–Crippen MR) is 87.2 cm³/mol. The van der Waals surface area contributed by atoms with E-state index in [1.165, 1.54) is 5.56 Å². The second-order valence-electron chi connectivity index (χ2n) is 4.49. The predicted octanol–water partition coefficient (Wildman–Crippen LogP) is 2.99. The van der Waals surface area contributed by atoms with E-state index in [9.17, 15) is 0 Å². The average Bonchev–Trinajstić information content (AvgIpc) is 2.41.